The number of carbonyl (C=O) groups is 3. The first kappa shape index (κ1) is 23.1. The number of hydrogen-bond donors (Lipinski definition) is 4. The molecule has 0 unspecified atom stereocenters. The standard InChI is InChI=1S/C17H18N8O5S3/c1-6-19-17(23-22-6)33-4-7-3-31-14-10(13(27)25(14)11(7)15(28)29)21-12(26)9(24-30-2)8-5-32-16(18)20-8/h5,10,14H,3-4H2,1-2H3,(H2,18,20)(H,21,26)(H,28,29)(H,19,22,23)/b24-9-/t10-,14-/m1/s1. The van der Waals surface area contributed by atoms with E-state index in [0.717, 1.165) is 11.3 Å². The van der Waals surface area contributed by atoms with E-state index in [4.69, 9.17) is 10.6 Å². The summed E-state index contributed by atoms with van der Waals surface area (Å²) in [7, 11) is 1.28. The SMILES string of the molecule is CO/N=C(\C(=O)N[C@@H]1C(=O)N2C(C(=O)O)=C(CSc3n[nH]c(C)n3)CS[C@H]12)c1csc(N)n1. The van der Waals surface area contributed by atoms with Crippen LogP contribution >= 0.6 is 34.9 Å². The highest BCUT2D eigenvalue weighted by Crippen LogP contribution is 2.41. The Morgan fingerprint density at radius 2 is 2.27 bits per heavy atom. The molecule has 2 aromatic rings. The molecule has 2 aliphatic rings. The van der Waals surface area contributed by atoms with E-state index in [9.17, 15) is 19.5 Å². The molecular formula is C17H18N8O5S3. The number of aromatic nitrogens is 4. The van der Waals surface area contributed by atoms with Gasteiger partial charge in [-0.1, -0.05) is 16.9 Å². The number of aryl methyl sites for hydroxylation is 1. The van der Waals surface area contributed by atoms with Crippen molar-refractivity contribution < 1.29 is 24.3 Å². The van der Waals surface area contributed by atoms with Crippen molar-refractivity contribution >= 4 is 63.5 Å². The number of nitrogens with one attached hydrogen (secondary N) is 2. The van der Waals surface area contributed by atoms with Gasteiger partial charge in [0.15, 0.2) is 10.8 Å². The number of H-pyrrole nitrogens is 1. The fourth-order valence-corrected chi connectivity index (χ4v) is 6.11. The quantitative estimate of drug-likeness (QED) is 0.162. The lowest BCUT2D eigenvalue weighted by Gasteiger charge is -2.49. The van der Waals surface area contributed by atoms with Crippen molar-refractivity contribution in [1.82, 2.24) is 30.4 Å². The van der Waals surface area contributed by atoms with E-state index < -0.39 is 29.2 Å². The Labute approximate surface area is 199 Å². The number of amides is 2. The Bertz CT molecular complexity index is 1180. The van der Waals surface area contributed by atoms with Crippen LogP contribution in [0, 0.1) is 6.92 Å². The van der Waals surface area contributed by atoms with Gasteiger partial charge in [0.1, 0.15) is 35.7 Å². The van der Waals surface area contributed by atoms with Gasteiger partial charge in [0.05, 0.1) is 0 Å². The maximum Gasteiger partial charge on any atom is 0.352 e. The molecule has 2 atom stereocenters. The number of nitrogens with two attached hydrogens (primary N) is 1. The first-order chi connectivity index (χ1) is 15.8. The number of rotatable bonds is 8. The summed E-state index contributed by atoms with van der Waals surface area (Å²) in [6, 6.07) is -0.917. The third-order valence-electron chi connectivity index (χ3n) is 4.65. The number of anilines is 1. The number of nitrogens with zero attached hydrogens (tertiary/aromatic N) is 5. The Hall–Kier alpha value is -3.11. The van der Waals surface area contributed by atoms with Crippen molar-refractivity contribution in [1.29, 1.82) is 0 Å². The zero-order valence-corrected chi connectivity index (χ0v) is 19.7. The van der Waals surface area contributed by atoms with Crippen molar-refractivity contribution in [2.45, 2.75) is 23.5 Å². The van der Waals surface area contributed by atoms with Crippen LogP contribution in [0.25, 0.3) is 0 Å². The molecule has 0 aliphatic carbocycles. The van der Waals surface area contributed by atoms with E-state index in [1.165, 1.54) is 35.5 Å². The lowest BCUT2D eigenvalue weighted by atomic mass is 10.0. The molecule has 33 heavy (non-hydrogen) atoms. The minimum Gasteiger partial charge on any atom is -0.477 e. The molecule has 0 saturated carbocycles. The van der Waals surface area contributed by atoms with E-state index in [-0.39, 0.29) is 22.2 Å². The van der Waals surface area contributed by atoms with Gasteiger partial charge in [-0.3, -0.25) is 19.6 Å². The minimum absolute atomic E-state index is 0.0768. The monoisotopic (exact) mass is 510 g/mol. The first-order valence-electron chi connectivity index (χ1n) is 9.35. The van der Waals surface area contributed by atoms with Gasteiger partial charge in [-0.25, -0.2) is 14.8 Å². The lowest BCUT2D eigenvalue weighted by Crippen LogP contribution is -2.71. The molecular weight excluding hydrogens is 492 g/mol. The van der Waals surface area contributed by atoms with Crippen LogP contribution in [0.5, 0.6) is 0 Å². The van der Waals surface area contributed by atoms with Crippen molar-refractivity contribution in [3.8, 4) is 0 Å². The second-order valence-corrected chi connectivity index (χ2v) is 9.74. The van der Waals surface area contributed by atoms with Gasteiger partial charge in [0.2, 0.25) is 5.16 Å². The highest BCUT2D eigenvalue weighted by Gasteiger charge is 2.54. The molecule has 2 amide bonds. The number of thiazole rings is 1. The molecule has 1 saturated heterocycles. The summed E-state index contributed by atoms with van der Waals surface area (Å²) in [4.78, 5) is 51.7. The van der Waals surface area contributed by atoms with Crippen LogP contribution in [0.3, 0.4) is 0 Å². The van der Waals surface area contributed by atoms with Crippen LogP contribution in [0.2, 0.25) is 0 Å². The molecule has 0 aromatic carbocycles. The average Bonchev–Trinajstić information content (AvgIpc) is 3.40. The third kappa shape index (κ3) is 4.53. The molecule has 0 bridgehead atoms. The molecule has 16 heteroatoms. The maximum atomic E-state index is 12.8. The number of carboxylic acid groups (broad SMARTS) is 1. The van der Waals surface area contributed by atoms with Crippen molar-refractivity contribution in [2.24, 2.45) is 5.16 Å². The summed E-state index contributed by atoms with van der Waals surface area (Å²) in [5.41, 5.74) is 6.20. The summed E-state index contributed by atoms with van der Waals surface area (Å²) in [6.45, 7) is 1.76. The second kappa shape index (κ2) is 9.40. The summed E-state index contributed by atoms with van der Waals surface area (Å²) < 4.78 is 0. The number of aromatic amines is 1. The fraction of sp³-hybridized carbons (Fsp3) is 0.353. The molecule has 2 aromatic heterocycles. The Balaban J connectivity index is 1.49. The summed E-state index contributed by atoms with van der Waals surface area (Å²) in [5, 5.41) is 24.6. The van der Waals surface area contributed by atoms with E-state index in [2.05, 4.69) is 30.6 Å². The number of fused-ring (bicyclic) bond motifs is 1. The normalized spacial score (nSPS) is 20.4. The van der Waals surface area contributed by atoms with Crippen LogP contribution in [0.1, 0.15) is 11.5 Å². The topological polar surface area (TPSA) is 189 Å². The van der Waals surface area contributed by atoms with Gasteiger partial charge in [0, 0.05) is 16.9 Å². The number of hydrogen-bond acceptors (Lipinski definition) is 12. The molecule has 0 radical (unpaired) electrons. The number of β-lactam (4-membered cyclic amide) rings is 1. The lowest BCUT2D eigenvalue weighted by molar-refractivity contribution is -0.150. The average molecular weight is 511 g/mol. The Kier molecular flexibility index (Phi) is 6.57. The van der Waals surface area contributed by atoms with Crippen LogP contribution in [-0.2, 0) is 19.2 Å². The third-order valence-corrected chi connectivity index (χ3v) is 7.60. The number of carbonyl (C=O) groups excluding carboxylic acids is 2. The molecule has 2 aliphatic heterocycles. The molecule has 13 nitrogen and oxygen atoms in total. The number of nitrogen functional groups attached to an aromatic ring is 1. The predicted molar refractivity (Wildman–Crippen MR) is 122 cm³/mol. The number of thioether (sulfide) groups is 2. The van der Waals surface area contributed by atoms with Gasteiger partial charge < -0.3 is 21.0 Å². The molecule has 1 fully saturated rings. The van der Waals surface area contributed by atoms with E-state index in [1.54, 1.807) is 12.3 Å². The van der Waals surface area contributed by atoms with Gasteiger partial charge in [-0.2, -0.15) is 0 Å². The molecule has 0 spiro atoms. The fourth-order valence-electron chi connectivity index (χ4n) is 3.23. The molecule has 5 N–H and O–H groups in total. The molecule has 4 rings (SSSR count). The van der Waals surface area contributed by atoms with Crippen LogP contribution in [0.15, 0.2) is 27.0 Å². The number of carboxylic acids is 1. The summed E-state index contributed by atoms with van der Waals surface area (Å²) in [5.74, 6) is -1.07. The highest BCUT2D eigenvalue weighted by atomic mass is 32.2. The first-order valence-corrected chi connectivity index (χ1v) is 12.3. The zero-order valence-electron chi connectivity index (χ0n) is 17.3. The van der Waals surface area contributed by atoms with E-state index in [1.807, 2.05) is 0 Å². The highest BCUT2D eigenvalue weighted by molar-refractivity contribution is 8.01. The van der Waals surface area contributed by atoms with Crippen molar-refractivity contribution in [2.75, 3.05) is 24.3 Å². The van der Waals surface area contributed by atoms with E-state index >= 15 is 0 Å². The Morgan fingerprint density at radius 1 is 1.48 bits per heavy atom. The minimum atomic E-state index is -1.21. The van der Waals surface area contributed by atoms with Gasteiger partial charge in [0.25, 0.3) is 11.8 Å². The molecule has 174 valence electrons. The second-order valence-electron chi connectivity index (χ2n) is 6.80. The van der Waals surface area contributed by atoms with E-state index in [0.29, 0.717) is 28.1 Å². The van der Waals surface area contributed by atoms with Crippen LogP contribution < -0.4 is 11.1 Å². The largest absolute Gasteiger partial charge is 0.477 e. The summed E-state index contributed by atoms with van der Waals surface area (Å²) in [6.07, 6.45) is 0. The van der Waals surface area contributed by atoms with Crippen LogP contribution in [-0.4, -0.2) is 83.7 Å². The van der Waals surface area contributed by atoms with Gasteiger partial charge in [-0.05, 0) is 12.5 Å². The number of oxime groups is 1. The molecule has 4 heterocycles. The maximum absolute atomic E-state index is 12.8. The summed E-state index contributed by atoms with van der Waals surface area (Å²) >= 11 is 3.77. The van der Waals surface area contributed by atoms with Crippen molar-refractivity contribution in [3.63, 3.8) is 0 Å². The van der Waals surface area contributed by atoms with Gasteiger partial charge in [-0.15, -0.1) is 28.2 Å². The number of aliphatic carboxylic acids is 1. The van der Waals surface area contributed by atoms with Crippen LogP contribution in [0.4, 0.5) is 5.13 Å². The predicted octanol–water partition coefficient (Wildman–Crippen LogP) is 0.0332. The van der Waals surface area contributed by atoms with Gasteiger partial charge >= 0.3 is 5.97 Å². The Morgan fingerprint density at radius 3 is 2.88 bits per heavy atom. The smallest absolute Gasteiger partial charge is 0.352 e. The zero-order chi connectivity index (χ0) is 23.7. The van der Waals surface area contributed by atoms with Crippen molar-refractivity contribution in [3.05, 3.63) is 28.2 Å².